The fraction of sp³-hybridized carbons (Fsp3) is 0.364. The van der Waals surface area contributed by atoms with Gasteiger partial charge in [0.2, 0.25) is 5.91 Å². The molecule has 1 atom stereocenters. The van der Waals surface area contributed by atoms with Crippen LogP contribution in [0.2, 0.25) is 0 Å². The van der Waals surface area contributed by atoms with Gasteiger partial charge in [-0.25, -0.2) is 0 Å². The highest BCUT2D eigenvalue weighted by atomic mass is 35.5. The number of amides is 2. The first kappa shape index (κ1) is 27.9. The predicted octanol–water partition coefficient (Wildman–Crippen LogP) is 3.55. The third-order valence-electron chi connectivity index (χ3n) is 4.72. The first-order valence-electron chi connectivity index (χ1n) is 9.68. The summed E-state index contributed by atoms with van der Waals surface area (Å²) in [4.78, 5) is 27.1. The van der Waals surface area contributed by atoms with Gasteiger partial charge < -0.3 is 21.3 Å². The number of aryl methyl sites for hydroxylation is 1. The monoisotopic (exact) mass is 454 g/mol. The number of carbonyl (C=O) groups excluding carboxylic acids is 2. The Morgan fingerprint density at radius 2 is 1.67 bits per heavy atom. The minimum atomic E-state index is -0.771. The van der Waals surface area contributed by atoms with E-state index in [-0.39, 0.29) is 36.6 Å². The number of nitrogens with two attached hydrogens (primary N) is 1. The number of likely N-dealkylation sites (N-methyl/N-ethyl adjacent to an activating group) is 1. The van der Waals surface area contributed by atoms with Gasteiger partial charge in [-0.15, -0.1) is 24.8 Å². The van der Waals surface area contributed by atoms with Crippen LogP contribution in [-0.4, -0.2) is 42.9 Å². The lowest BCUT2D eigenvalue weighted by atomic mass is 10.1. The average molecular weight is 455 g/mol. The van der Waals surface area contributed by atoms with Gasteiger partial charge in [-0.05, 0) is 43.8 Å². The van der Waals surface area contributed by atoms with E-state index < -0.39 is 6.04 Å². The number of benzene rings is 2. The summed E-state index contributed by atoms with van der Waals surface area (Å²) < 4.78 is 0. The zero-order chi connectivity index (χ0) is 20.5. The van der Waals surface area contributed by atoms with Gasteiger partial charge in [-0.2, -0.15) is 0 Å². The largest absolute Gasteiger partial charge is 0.351 e. The highest BCUT2D eigenvalue weighted by Crippen LogP contribution is 2.16. The molecule has 0 spiro atoms. The van der Waals surface area contributed by atoms with Crippen molar-refractivity contribution < 1.29 is 9.59 Å². The second-order valence-electron chi connectivity index (χ2n) is 6.74. The van der Waals surface area contributed by atoms with E-state index in [1.807, 2.05) is 31.2 Å². The van der Waals surface area contributed by atoms with Crippen LogP contribution in [0.5, 0.6) is 0 Å². The Morgan fingerprint density at radius 1 is 1.03 bits per heavy atom. The molecule has 2 rings (SSSR count). The van der Waals surface area contributed by atoms with Gasteiger partial charge in [-0.3, -0.25) is 9.59 Å². The summed E-state index contributed by atoms with van der Waals surface area (Å²) in [7, 11) is 0. The van der Waals surface area contributed by atoms with Gasteiger partial charge in [0.15, 0.2) is 0 Å². The van der Waals surface area contributed by atoms with Crippen molar-refractivity contribution in [1.82, 2.24) is 10.2 Å². The first-order valence-corrected chi connectivity index (χ1v) is 9.68. The Morgan fingerprint density at radius 3 is 2.27 bits per heavy atom. The first-order chi connectivity index (χ1) is 13.4. The number of halogens is 2. The predicted molar refractivity (Wildman–Crippen MR) is 128 cm³/mol. The normalized spacial score (nSPS) is 11.1. The van der Waals surface area contributed by atoms with E-state index in [1.54, 1.807) is 24.3 Å². The molecule has 0 fully saturated rings. The number of carbonyl (C=O) groups is 2. The fourth-order valence-electron chi connectivity index (χ4n) is 2.85. The summed E-state index contributed by atoms with van der Waals surface area (Å²) in [6.45, 7) is 9.46. The molecule has 0 radical (unpaired) electrons. The van der Waals surface area contributed by atoms with Gasteiger partial charge in [0.05, 0.1) is 0 Å². The van der Waals surface area contributed by atoms with Crippen molar-refractivity contribution in [3.05, 3.63) is 65.2 Å². The molecular formula is C22H32Cl2N4O2. The van der Waals surface area contributed by atoms with Crippen molar-refractivity contribution in [2.75, 3.05) is 31.5 Å². The molecule has 0 aliphatic heterocycles. The molecule has 0 aliphatic rings. The van der Waals surface area contributed by atoms with Crippen LogP contribution in [0.4, 0.5) is 5.69 Å². The minimum absolute atomic E-state index is 0. The molecule has 0 saturated heterocycles. The number of nitrogens with one attached hydrogen (secondary N) is 2. The van der Waals surface area contributed by atoms with Gasteiger partial charge in [0, 0.05) is 24.3 Å². The Labute approximate surface area is 191 Å². The lowest BCUT2D eigenvalue weighted by Crippen LogP contribution is -2.34. The van der Waals surface area contributed by atoms with Gasteiger partial charge >= 0.3 is 0 Å². The Hall–Kier alpha value is -2.12. The molecule has 2 amide bonds. The van der Waals surface area contributed by atoms with Crippen molar-refractivity contribution in [1.29, 1.82) is 0 Å². The van der Waals surface area contributed by atoms with Crippen molar-refractivity contribution in [3.8, 4) is 0 Å². The summed E-state index contributed by atoms with van der Waals surface area (Å²) >= 11 is 0. The molecular weight excluding hydrogens is 423 g/mol. The summed E-state index contributed by atoms with van der Waals surface area (Å²) in [5, 5.41) is 5.70. The molecule has 2 aromatic rings. The highest BCUT2D eigenvalue weighted by Gasteiger charge is 2.16. The molecule has 30 heavy (non-hydrogen) atoms. The minimum Gasteiger partial charge on any atom is -0.351 e. The highest BCUT2D eigenvalue weighted by molar-refractivity contribution is 5.98. The van der Waals surface area contributed by atoms with Crippen LogP contribution >= 0.6 is 24.8 Å². The smallest absolute Gasteiger partial charge is 0.251 e. The molecule has 0 bridgehead atoms. The van der Waals surface area contributed by atoms with E-state index in [4.69, 9.17) is 5.73 Å². The Kier molecular flexibility index (Phi) is 13.0. The molecule has 0 aromatic heterocycles. The lowest BCUT2D eigenvalue weighted by molar-refractivity contribution is -0.117. The number of rotatable bonds is 9. The fourth-order valence-corrected chi connectivity index (χ4v) is 2.85. The summed E-state index contributed by atoms with van der Waals surface area (Å²) in [6, 6.07) is 13.6. The maximum absolute atomic E-state index is 12.4. The second-order valence-corrected chi connectivity index (χ2v) is 6.74. The van der Waals surface area contributed by atoms with Crippen LogP contribution in [0.25, 0.3) is 0 Å². The van der Waals surface area contributed by atoms with Crippen LogP contribution in [0.1, 0.15) is 41.4 Å². The van der Waals surface area contributed by atoms with E-state index in [0.29, 0.717) is 17.8 Å². The second kappa shape index (κ2) is 14.0. The number of anilines is 1. The van der Waals surface area contributed by atoms with E-state index in [2.05, 4.69) is 29.4 Å². The van der Waals surface area contributed by atoms with Crippen molar-refractivity contribution in [2.24, 2.45) is 5.73 Å². The standard InChI is InChI=1S/C22H30N4O2.2ClH/c1-4-26(5-2)14-13-24-21(27)18-7-6-8-19(15-18)25-22(28)20(23)17-11-9-16(3)10-12-17;;/h6-12,15,20H,4-5,13-14,23H2,1-3H3,(H,24,27)(H,25,28);2*1H. The van der Waals surface area contributed by atoms with E-state index >= 15 is 0 Å². The third-order valence-corrected chi connectivity index (χ3v) is 4.72. The van der Waals surface area contributed by atoms with Crippen LogP contribution in [-0.2, 0) is 4.79 Å². The molecule has 4 N–H and O–H groups in total. The number of nitrogens with zero attached hydrogens (tertiary/aromatic N) is 1. The zero-order valence-electron chi connectivity index (χ0n) is 17.7. The van der Waals surface area contributed by atoms with Crippen molar-refractivity contribution in [2.45, 2.75) is 26.8 Å². The molecule has 1 unspecified atom stereocenters. The van der Waals surface area contributed by atoms with E-state index in [1.165, 1.54) is 0 Å². The van der Waals surface area contributed by atoms with E-state index in [0.717, 1.165) is 30.8 Å². The van der Waals surface area contributed by atoms with Crippen molar-refractivity contribution >= 4 is 42.3 Å². The lowest BCUT2D eigenvalue weighted by Gasteiger charge is -2.18. The molecule has 6 nitrogen and oxygen atoms in total. The van der Waals surface area contributed by atoms with Crippen LogP contribution in [0, 0.1) is 6.92 Å². The summed E-state index contributed by atoms with van der Waals surface area (Å²) in [5.74, 6) is -0.478. The van der Waals surface area contributed by atoms with Gasteiger partial charge in [0.1, 0.15) is 6.04 Å². The molecule has 0 saturated carbocycles. The van der Waals surface area contributed by atoms with Crippen molar-refractivity contribution in [3.63, 3.8) is 0 Å². The quantitative estimate of drug-likeness (QED) is 0.540. The van der Waals surface area contributed by atoms with Gasteiger partial charge in [0.25, 0.3) is 5.91 Å². The maximum atomic E-state index is 12.4. The van der Waals surface area contributed by atoms with Crippen LogP contribution in [0.15, 0.2) is 48.5 Å². The number of hydrogen-bond acceptors (Lipinski definition) is 4. The topological polar surface area (TPSA) is 87.5 Å². The third kappa shape index (κ3) is 8.32. The molecule has 0 aliphatic carbocycles. The maximum Gasteiger partial charge on any atom is 0.251 e. The molecule has 0 heterocycles. The summed E-state index contributed by atoms with van der Waals surface area (Å²) in [5.41, 5.74) is 8.96. The van der Waals surface area contributed by atoms with Gasteiger partial charge in [-0.1, -0.05) is 49.7 Å². The SMILES string of the molecule is CCN(CC)CCNC(=O)c1cccc(NC(=O)C(N)c2ccc(C)cc2)c1.Cl.Cl. The van der Waals surface area contributed by atoms with Crippen LogP contribution < -0.4 is 16.4 Å². The van der Waals surface area contributed by atoms with Crippen LogP contribution in [0.3, 0.4) is 0 Å². The average Bonchev–Trinajstić information content (AvgIpc) is 2.71. The summed E-state index contributed by atoms with van der Waals surface area (Å²) in [6.07, 6.45) is 0. The molecule has 8 heteroatoms. The Balaban J connectivity index is 0.00000420. The molecule has 166 valence electrons. The zero-order valence-corrected chi connectivity index (χ0v) is 19.3. The Bertz CT molecular complexity index is 796. The van der Waals surface area contributed by atoms with E-state index in [9.17, 15) is 9.59 Å². The molecule has 2 aromatic carbocycles. The number of hydrogen-bond donors (Lipinski definition) is 3.